The third-order valence-corrected chi connectivity index (χ3v) is 3.09. The number of hydrogen-bond acceptors (Lipinski definition) is 2. The number of benzene rings is 2. The molecule has 0 aliphatic carbocycles. The highest BCUT2D eigenvalue weighted by molar-refractivity contribution is 5.28. The first-order chi connectivity index (χ1) is 11.3. The number of aryl methyl sites for hydroxylation is 1. The second-order valence-corrected chi connectivity index (χ2v) is 5.12. The summed E-state index contributed by atoms with van der Waals surface area (Å²) in [4.78, 5) is 0. The molecule has 0 N–H and O–H groups in total. The molecule has 0 saturated heterocycles. The van der Waals surface area contributed by atoms with Gasteiger partial charge in [-0.15, -0.1) is 0 Å². The minimum absolute atomic E-state index is 0.203. The molecule has 2 rings (SSSR count). The van der Waals surface area contributed by atoms with Crippen LogP contribution in [0.5, 0.6) is 11.5 Å². The molecule has 0 radical (unpaired) electrons. The van der Waals surface area contributed by atoms with Gasteiger partial charge < -0.3 is 9.47 Å². The zero-order valence-electron chi connectivity index (χ0n) is 12.8. The lowest BCUT2D eigenvalue weighted by atomic mass is 10.1. The molecule has 0 unspecified atom stereocenters. The van der Waals surface area contributed by atoms with Crippen molar-refractivity contribution in [3.8, 4) is 11.5 Å². The first-order valence-electron chi connectivity index (χ1n) is 7.24. The summed E-state index contributed by atoms with van der Waals surface area (Å²) in [5.74, 6) is -5.62. The molecule has 0 aliphatic heterocycles. The molecule has 0 spiro atoms. The van der Waals surface area contributed by atoms with Gasteiger partial charge >= 0.3 is 6.11 Å². The average Bonchev–Trinajstić information content (AvgIpc) is 2.52. The van der Waals surface area contributed by atoms with Crippen LogP contribution in [0.15, 0.2) is 36.4 Å². The Balaban J connectivity index is 1.98. The van der Waals surface area contributed by atoms with Crippen molar-refractivity contribution in [1.82, 2.24) is 0 Å². The Morgan fingerprint density at radius 2 is 1.50 bits per heavy atom. The molecular weight excluding hydrogens is 331 g/mol. The molecular formula is C17H15F5O2. The standard InChI is InChI=1S/C17H15F5O2/c1-2-3-11-4-6-12(7-5-11)23-10-17(21,22)24-13-8-14(18)16(20)15(19)9-13/h4-9H,2-3,10H2,1H3. The van der Waals surface area contributed by atoms with Crippen LogP contribution in [0.1, 0.15) is 18.9 Å². The highest BCUT2D eigenvalue weighted by atomic mass is 19.3. The van der Waals surface area contributed by atoms with Gasteiger partial charge in [-0.1, -0.05) is 25.5 Å². The lowest BCUT2D eigenvalue weighted by molar-refractivity contribution is -0.195. The molecule has 0 aliphatic rings. The Labute approximate surface area is 135 Å². The summed E-state index contributed by atoms with van der Waals surface area (Å²) in [5.41, 5.74) is 1.05. The van der Waals surface area contributed by atoms with Gasteiger partial charge in [-0.25, -0.2) is 13.2 Å². The van der Waals surface area contributed by atoms with Crippen molar-refractivity contribution >= 4 is 0 Å². The van der Waals surface area contributed by atoms with E-state index in [0.717, 1.165) is 18.4 Å². The van der Waals surface area contributed by atoms with Gasteiger partial charge in [-0.05, 0) is 24.1 Å². The number of hydrogen-bond donors (Lipinski definition) is 0. The van der Waals surface area contributed by atoms with Gasteiger partial charge in [0.05, 0.1) is 0 Å². The molecule has 7 heteroatoms. The summed E-state index contributed by atoms with van der Waals surface area (Å²) >= 11 is 0. The fraction of sp³-hybridized carbons (Fsp3) is 0.294. The van der Waals surface area contributed by atoms with Crippen LogP contribution in [0, 0.1) is 17.5 Å². The molecule has 0 bridgehead atoms. The van der Waals surface area contributed by atoms with E-state index in [9.17, 15) is 22.0 Å². The molecule has 0 aromatic heterocycles. The molecule has 0 heterocycles. The summed E-state index contributed by atoms with van der Waals surface area (Å²) in [7, 11) is 0. The van der Waals surface area contributed by atoms with E-state index in [-0.39, 0.29) is 5.75 Å². The van der Waals surface area contributed by atoms with Crippen molar-refractivity contribution in [3.05, 3.63) is 59.4 Å². The van der Waals surface area contributed by atoms with Gasteiger partial charge in [0.25, 0.3) is 0 Å². The maximum Gasteiger partial charge on any atom is 0.433 e. The summed E-state index contributed by atoms with van der Waals surface area (Å²) < 4.78 is 75.2. The van der Waals surface area contributed by atoms with Gasteiger partial charge in [-0.3, -0.25) is 0 Å². The van der Waals surface area contributed by atoms with Gasteiger partial charge in [0, 0.05) is 12.1 Å². The molecule has 2 aromatic rings. The summed E-state index contributed by atoms with van der Waals surface area (Å²) in [5, 5.41) is 0. The van der Waals surface area contributed by atoms with E-state index < -0.39 is 35.9 Å². The number of ether oxygens (including phenoxy) is 2. The SMILES string of the molecule is CCCc1ccc(OCC(F)(F)Oc2cc(F)c(F)c(F)c2)cc1. The van der Waals surface area contributed by atoms with Gasteiger partial charge in [0.2, 0.25) is 0 Å². The zero-order valence-corrected chi connectivity index (χ0v) is 12.8. The average molecular weight is 346 g/mol. The van der Waals surface area contributed by atoms with Gasteiger partial charge in [0.15, 0.2) is 24.1 Å². The normalized spacial score (nSPS) is 11.4. The van der Waals surface area contributed by atoms with Crippen LogP contribution in [0.4, 0.5) is 22.0 Å². The van der Waals surface area contributed by atoms with Gasteiger partial charge in [0.1, 0.15) is 11.5 Å². The van der Waals surface area contributed by atoms with E-state index in [1.807, 2.05) is 6.92 Å². The quantitative estimate of drug-likeness (QED) is 0.512. The van der Waals surface area contributed by atoms with E-state index in [1.54, 1.807) is 12.1 Å². The molecule has 0 amide bonds. The fourth-order valence-electron chi connectivity index (χ4n) is 2.00. The highest BCUT2D eigenvalue weighted by Crippen LogP contribution is 2.26. The van der Waals surface area contributed by atoms with Crippen LogP contribution >= 0.6 is 0 Å². The van der Waals surface area contributed by atoms with E-state index in [1.165, 1.54) is 12.1 Å². The van der Waals surface area contributed by atoms with Crippen LogP contribution in [0.2, 0.25) is 0 Å². The summed E-state index contributed by atoms with van der Waals surface area (Å²) in [6.07, 6.45) is -2.03. The second-order valence-electron chi connectivity index (χ2n) is 5.12. The topological polar surface area (TPSA) is 18.5 Å². The molecule has 2 aromatic carbocycles. The Kier molecular flexibility index (Phi) is 5.64. The van der Waals surface area contributed by atoms with E-state index in [4.69, 9.17) is 4.74 Å². The maximum atomic E-state index is 13.7. The first kappa shape index (κ1) is 18.0. The predicted octanol–water partition coefficient (Wildman–Crippen LogP) is 5.11. The van der Waals surface area contributed by atoms with E-state index in [2.05, 4.69) is 4.74 Å². The van der Waals surface area contributed by atoms with Crippen LogP contribution in [0.25, 0.3) is 0 Å². The molecule has 0 saturated carbocycles. The predicted molar refractivity (Wildman–Crippen MR) is 77.8 cm³/mol. The van der Waals surface area contributed by atoms with Crippen molar-refractivity contribution in [1.29, 1.82) is 0 Å². The van der Waals surface area contributed by atoms with E-state index >= 15 is 0 Å². The van der Waals surface area contributed by atoms with Crippen LogP contribution in [-0.4, -0.2) is 12.7 Å². The monoisotopic (exact) mass is 346 g/mol. The van der Waals surface area contributed by atoms with Crippen LogP contribution in [-0.2, 0) is 6.42 Å². The van der Waals surface area contributed by atoms with Crippen molar-refractivity contribution in [2.45, 2.75) is 25.9 Å². The lowest BCUT2D eigenvalue weighted by Gasteiger charge is -2.18. The Morgan fingerprint density at radius 3 is 2.04 bits per heavy atom. The smallest absolute Gasteiger partial charge is 0.433 e. The van der Waals surface area contributed by atoms with Crippen LogP contribution in [0.3, 0.4) is 0 Å². The maximum absolute atomic E-state index is 13.7. The van der Waals surface area contributed by atoms with Crippen molar-refractivity contribution in [3.63, 3.8) is 0 Å². The Hall–Kier alpha value is -2.31. The molecule has 0 atom stereocenters. The summed E-state index contributed by atoms with van der Waals surface area (Å²) in [6.45, 7) is 0.851. The molecule has 0 fully saturated rings. The third-order valence-electron chi connectivity index (χ3n) is 3.09. The number of rotatable bonds is 7. The molecule has 24 heavy (non-hydrogen) atoms. The van der Waals surface area contributed by atoms with Crippen molar-refractivity contribution in [2.24, 2.45) is 0 Å². The first-order valence-corrected chi connectivity index (χ1v) is 7.24. The van der Waals surface area contributed by atoms with Crippen LogP contribution < -0.4 is 9.47 Å². The molecule has 130 valence electrons. The summed E-state index contributed by atoms with van der Waals surface area (Å²) in [6, 6.07) is 7.26. The Morgan fingerprint density at radius 1 is 0.917 bits per heavy atom. The second kappa shape index (κ2) is 7.51. The molecule has 2 nitrogen and oxygen atoms in total. The van der Waals surface area contributed by atoms with Crippen molar-refractivity contribution in [2.75, 3.05) is 6.61 Å². The lowest BCUT2D eigenvalue weighted by Crippen LogP contribution is -2.32. The minimum Gasteiger partial charge on any atom is -0.483 e. The highest BCUT2D eigenvalue weighted by Gasteiger charge is 2.33. The number of halogens is 5. The zero-order chi connectivity index (χ0) is 17.7. The largest absolute Gasteiger partial charge is 0.483 e. The van der Waals surface area contributed by atoms with Crippen molar-refractivity contribution < 1.29 is 31.4 Å². The van der Waals surface area contributed by atoms with E-state index in [0.29, 0.717) is 12.1 Å². The Bertz CT molecular complexity index is 663. The fourth-order valence-corrected chi connectivity index (χ4v) is 2.00. The number of alkyl halides is 2. The minimum atomic E-state index is -3.85. The van der Waals surface area contributed by atoms with Gasteiger partial charge in [-0.2, -0.15) is 8.78 Å². The third kappa shape index (κ3) is 4.84.